The maximum atomic E-state index is 14.6. The van der Waals surface area contributed by atoms with Crippen molar-refractivity contribution in [2.45, 2.75) is 11.6 Å². The van der Waals surface area contributed by atoms with Crippen molar-refractivity contribution in [1.29, 1.82) is 5.26 Å². The Bertz CT molecular complexity index is 1500. The first-order valence-electron chi connectivity index (χ1n) is 10.4. The maximum Gasteiger partial charge on any atom is 0.266 e. The van der Waals surface area contributed by atoms with E-state index in [0.29, 0.717) is 17.3 Å². The lowest BCUT2D eigenvalue weighted by Crippen LogP contribution is -2.33. The second-order valence-electron chi connectivity index (χ2n) is 7.37. The Morgan fingerprint density at radius 2 is 1.74 bits per heavy atom. The molecule has 4 aromatic rings. The van der Waals surface area contributed by atoms with Crippen molar-refractivity contribution in [3.05, 3.63) is 94.5 Å². The van der Waals surface area contributed by atoms with Gasteiger partial charge in [0.05, 0.1) is 34.8 Å². The summed E-state index contributed by atoms with van der Waals surface area (Å²) in [6.07, 6.45) is 0.0491. The summed E-state index contributed by atoms with van der Waals surface area (Å²) in [7, 11) is 0. The zero-order valence-electron chi connectivity index (χ0n) is 18.1. The lowest BCUT2D eigenvalue weighted by Gasteiger charge is -2.22. The molecule has 0 aliphatic heterocycles. The standard InChI is InChI=1S/C25H17F3N4O2S/c26-16-6-9-18(10-7-16)31(13-3-12-29)23(33)15-35-25-30-21-5-2-1-4-19(21)24(34)32(25)22-11-8-17(27)14-20(22)28/h1-2,4-11,14H,3,13,15H2. The van der Waals surface area contributed by atoms with E-state index in [-0.39, 0.29) is 34.9 Å². The van der Waals surface area contributed by atoms with Gasteiger partial charge in [0.15, 0.2) is 5.16 Å². The predicted molar refractivity (Wildman–Crippen MR) is 127 cm³/mol. The van der Waals surface area contributed by atoms with E-state index in [9.17, 15) is 22.8 Å². The van der Waals surface area contributed by atoms with Crippen LogP contribution in [0.4, 0.5) is 18.9 Å². The molecule has 35 heavy (non-hydrogen) atoms. The van der Waals surface area contributed by atoms with E-state index in [1.807, 2.05) is 6.07 Å². The number of rotatable bonds is 7. The first-order valence-corrected chi connectivity index (χ1v) is 11.4. The molecule has 0 radical (unpaired) electrons. The van der Waals surface area contributed by atoms with Crippen LogP contribution in [-0.4, -0.2) is 27.8 Å². The number of para-hydroxylation sites is 1. The van der Waals surface area contributed by atoms with Crippen LogP contribution in [0.1, 0.15) is 6.42 Å². The minimum atomic E-state index is -0.959. The molecular formula is C25H17F3N4O2S. The molecule has 0 aliphatic rings. The van der Waals surface area contributed by atoms with Crippen LogP contribution in [0.5, 0.6) is 0 Å². The molecule has 1 heterocycles. The number of nitrogens with zero attached hydrogens (tertiary/aromatic N) is 4. The number of thioether (sulfide) groups is 1. The van der Waals surface area contributed by atoms with Crippen molar-refractivity contribution in [2.75, 3.05) is 17.2 Å². The van der Waals surface area contributed by atoms with E-state index in [1.54, 1.807) is 24.3 Å². The number of amides is 1. The molecule has 3 aromatic carbocycles. The zero-order chi connectivity index (χ0) is 24.9. The molecule has 0 saturated heterocycles. The SMILES string of the molecule is N#CCCN(C(=O)CSc1nc2ccccc2c(=O)n1-c1ccc(F)cc1F)c1ccc(F)cc1. The second-order valence-corrected chi connectivity index (χ2v) is 8.31. The summed E-state index contributed by atoms with van der Waals surface area (Å²) in [4.78, 5) is 32.1. The first kappa shape index (κ1) is 24.0. The van der Waals surface area contributed by atoms with Gasteiger partial charge in [0.25, 0.3) is 5.56 Å². The van der Waals surface area contributed by atoms with Gasteiger partial charge in [0, 0.05) is 18.3 Å². The molecule has 0 N–H and O–H groups in total. The largest absolute Gasteiger partial charge is 0.311 e. The number of anilines is 1. The number of fused-ring (bicyclic) bond motifs is 1. The fourth-order valence-corrected chi connectivity index (χ4v) is 4.35. The molecule has 0 aliphatic carbocycles. The number of carbonyl (C=O) groups is 1. The average molecular weight is 494 g/mol. The summed E-state index contributed by atoms with van der Waals surface area (Å²) in [6.45, 7) is 0.0755. The Balaban J connectivity index is 1.72. The van der Waals surface area contributed by atoms with Crippen molar-refractivity contribution >= 4 is 34.3 Å². The topological polar surface area (TPSA) is 79.0 Å². The molecule has 1 aromatic heterocycles. The Hall–Kier alpha value is -4.10. The van der Waals surface area contributed by atoms with Crippen LogP contribution in [0.25, 0.3) is 16.6 Å². The Labute approximate surface area is 202 Å². The van der Waals surface area contributed by atoms with Gasteiger partial charge in [-0.3, -0.25) is 14.2 Å². The average Bonchev–Trinajstić information content (AvgIpc) is 2.85. The van der Waals surface area contributed by atoms with Crippen LogP contribution >= 0.6 is 11.8 Å². The molecule has 0 fully saturated rings. The van der Waals surface area contributed by atoms with E-state index >= 15 is 0 Å². The number of halogens is 3. The van der Waals surface area contributed by atoms with Gasteiger partial charge in [-0.1, -0.05) is 23.9 Å². The van der Waals surface area contributed by atoms with Gasteiger partial charge >= 0.3 is 0 Å². The summed E-state index contributed by atoms with van der Waals surface area (Å²) in [5, 5.41) is 9.24. The minimum Gasteiger partial charge on any atom is -0.311 e. The number of nitriles is 1. The highest BCUT2D eigenvalue weighted by Crippen LogP contribution is 2.25. The lowest BCUT2D eigenvalue weighted by atomic mass is 10.2. The van der Waals surface area contributed by atoms with Crippen molar-refractivity contribution < 1.29 is 18.0 Å². The fourth-order valence-electron chi connectivity index (χ4n) is 3.47. The summed E-state index contributed by atoms with van der Waals surface area (Å²) in [5.74, 6) is -2.87. The molecule has 10 heteroatoms. The van der Waals surface area contributed by atoms with E-state index in [0.717, 1.165) is 28.5 Å². The van der Waals surface area contributed by atoms with Crippen LogP contribution in [0.3, 0.4) is 0 Å². The number of aromatic nitrogens is 2. The third-order valence-corrected chi connectivity index (χ3v) is 6.03. The van der Waals surface area contributed by atoms with Crippen LogP contribution in [0, 0.1) is 28.8 Å². The molecule has 0 unspecified atom stereocenters. The Morgan fingerprint density at radius 1 is 1.03 bits per heavy atom. The van der Waals surface area contributed by atoms with E-state index in [4.69, 9.17) is 5.26 Å². The van der Waals surface area contributed by atoms with Crippen molar-refractivity contribution in [3.63, 3.8) is 0 Å². The molecule has 0 spiro atoms. The summed E-state index contributed by atoms with van der Waals surface area (Å²) >= 11 is 0.895. The molecular weight excluding hydrogens is 477 g/mol. The van der Waals surface area contributed by atoms with Gasteiger partial charge in [-0.05, 0) is 48.5 Å². The van der Waals surface area contributed by atoms with Crippen molar-refractivity contribution in [2.24, 2.45) is 0 Å². The van der Waals surface area contributed by atoms with Crippen LogP contribution in [0.2, 0.25) is 0 Å². The van der Waals surface area contributed by atoms with Gasteiger partial charge in [0.2, 0.25) is 5.91 Å². The number of hydrogen-bond acceptors (Lipinski definition) is 5. The zero-order valence-corrected chi connectivity index (χ0v) is 18.9. The van der Waals surface area contributed by atoms with E-state index in [2.05, 4.69) is 4.98 Å². The van der Waals surface area contributed by atoms with Crippen LogP contribution < -0.4 is 10.5 Å². The van der Waals surface area contributed by atoms with Gasteiger partial charge in [-0.25, -0.2) is 18.2 Å². The molecule has 176 valence electrons. The summed E-state index contributed by atoms with van der Waals surface area (Å²) in [6, 6.07) is 16.5. The van der Waals surface area contributed by atoms with E-state index in [1.165, 1.54) is 29.2 Å². The third kappa shape index (κ3) is 5.20. The number of benzene rings is 3. The molecule has 0 saturated carbocycles. The smallest absolute Gasteiger partial charge is 0.266 e. The highest BCUT2D eigenvalue weighted by Gasteiger charge is 2.20. The quantitative estimate of drug-likeness (QED) is 0.271. The molecule has 6 nitrogen and oxygen atoms in total. The van der Waals surface area contributed by atoms with E-state index < -0.39 is 28.9 Å². The van der Waals surface area contributed by atoms with Gasteiger partial charge in [-0.2, -0.15) is 5.26 Å². The number of carbonyl (C=O) groups excluding carboxylic acids is 1. The maximum absolute atomic E-state index is 14.6. The third-order valence-electron chi connectivity index (χ3n) is 5.11. The van der Waals surface area contributed by atoms with Gasteiger partial charge in [-0.15, -0.1) is 0 Å². The van der Waals surface area contributed by atoms with Crippen molar-refractivity contribution in [1.82, 2.24) is 9.55 Å². The summed E-state index contributed by atoms with van der Waals surface area (Å²) < 4.78 is 42.5. The normalized spacial score (nSPS) is 10.8. The highest BCUT2D eigenvalue weighted by atomic mass is 32.2. The molecule has 1 amide bonds. The monoisotopic (exact) mass is 494 g/mol. The van der Waals surface area contributed by atoms with Gasteiger partial charge < -0.3 is 4.90 Å². The molecule has 0 atom stereocenters. The lowest BCUT2D eigenvalue weighted by molar-refractivity contribution is -0.116. The minimum absolute atomic E-state index is 0.0342. The second kappa shape index (κ2) is 10.4. The predicted octanol–water partition coefficient (Wildman–Crippen LogP) is 4.84. The van der Waals surface area contributed by atoms with Crippen LogP contribution in [0.15, 0.2) is 76.7 Å². The van der Waals surface area contributed by atoms with Crippen LogP contribution in [-0.2, 0) is 4.79 Å². The number of hydrogen-bond donors (Lipinski definition) is 0. The molecule has 4 rings (SSSR count). The van der Waals surface area contributed by atoms with Gasteiger partial charge in [0.1, 0.15) is 17.5 Å². The molecule has 0 bridgehead atoms. The Morgan fingerprint density at radius 3 is 2.46 bits per heavy atom. The first-order chi connectivity index (χ1) is 16.9. The highest BCUT2D eigenvalue weighted by molar-refractivity contribution is 7.99. The van der Waals surface area contributed by atoms with Crippen molar-refractivity contribution in [3.8, 4) is 11.8 Å². The fraction of sp³-hybridized carbons (Fsp3) is 0.120. The Kier molecular flexibility index (Phi) is 7.17. The summed E-state index contributed by atoms with van der Waals surface area (Å²) in [5.41, 5.74) is -0.0211.